The molecule has 1 heterocycles. The van der Waals surface area contributed by atoms with Gasteiger partial charge in [0.2, 0.25) is 0 Å². The van der Waals surface area contributed by atoms with Crippen molar-refractivity contribution >= 4 is 9.84 Å². The third kappa shape index (κ3) is 3.06. The number of rotatable bonds is 5. The number of nitrogens with zero attached hydrogens (tertiary/aromatic N) is 2. The highest BCUT2D eigenvalue weighted by molar-refractivity contribution is 7.90. The molecule has 0 aliphatic rings. The molecule has 0 amide bonds. The summed E-state index contributed by atoms with van der Waals surface area (Å²) in [5.41, 5.74) is 4.54. The Morgan fingerprint density at radius 2 is 1.95 bits per heavy atom. The maximum absolute atomic E-state index is 11.4. The topological polar surface area (TPSA) is 90.0 Å². The largest absolute Gasteiger partial charge is 0.273 e. The summed E-state index contributed by atoms with van der Waals surface area (Å²) in [5.74, 6) is 5.61. The molecular weight excluding hydrogens is 276 g/mol. The van der Waals surface area contributed by atoms with Gasteiger partial charge in [0.1, 0.15) is 0 Å². The van der Waals surface area contributed by atoms with E-state index in [-0.39, 0.29) is 6.04 Å². The summed E-state index contributed by atoms with van der Waals surface area (Å²) in [6.45, 7) is 2.78. The second kappa shape index (κ2) is 5.74. The number of hydrazine groups is 1. The Labute approximate surface area is 118 Å². The molecule has 1 atom stereocenters. The van der Waals surface area contributed by atoms with E-state index in [2.05, 4.69) is 10.5 Å². The van der Waals surface area contributed by atoms with Gasteiger partial charge in [-0.2, -0.15) is 5.10 Å². The minimum Gasteiger partial charge on any atom is -0.273 e. The van der Waals surface area contributed by atoms with E-state index in [0.29, 0.717) is 4.90 Å². The monoisotopic (exact) mass is 294 g/mol. The van der Waals surface area contributed by atoms with Gasteiger partial charge >= 0.3 is 0 Å². The van der Waals surface area contributed by atoms with Crippen molar-refractivity contribution in [2.75, 3.05) is 6.26 Å². The van der Waals surface area contributed by atoms with Crippen LogP contribution in [0.15, 0.2) is 41.6 Å². The molecule has 3 N–H and O–H groups in total. The molecule has 108 valence electrons. The van der Waals surface area contributed by atoms with Gasteiger partial charge in [0, 0.05) is 24.6 Å². The van der Waals surface area contributed by atoms with Crippen LogP contribution in [0.25, 0.3) is 0 Å². The van der Waals surface area contributed by atoms with Gasteiger partial charge in [-0.3, -0.25) is 10.5 Å². The number of nitrogens with one attached hydrogen (secondary N) is 1. The number of aromatic nitrogens is 2. The number of benzene rings is 1. The van der Waals surface area contributed by atoms with Gasteiger partial charge in [-0.25, -0.2) is 13.8 Å². The van der Waals surface area contributed by atoms with E-state index >= 15 is 0 Å². The molecule has 0 saturated heterocycles. The van der Waals surface area contributed by atoms with E-state index in [1.807, 2.05) is 17.8 Å². The molecule has 0 aliphatic carbocycles. The average Bonchev–Trinajstić information content (AvgIpc) is 2.88. The molecule has 7 heteroatoms. The smallest absolute Gasteiger partial charge is 0.175 e. The zero-order valence-corrected chi connectivity index (χ0v) is 12.3. The maximum Gasteiger partial charge on any atom is 0.175 e. The summed E-state index contributed by atoms with van der Waals surface area (Å²) in [6, 6.07) is 6.45. The van der Waals surface area contributed by atoms with Crippen molar-refractivity contribution in [2.24, 2.45) is 5.84 Å². The van der Waals surface area contributed by atoms with Crippen molar-refractivity contribution in [3.05, 3.63) is 47.8 Å². The molecule has 0 aliphatic heterocycles. The lowest BCUT2D eigenvalue weighted by atomic mass is 10.0. The van der Waals surface area contributed by atoms with Crippen LogP contribution < -0.4 is 11.3 Å². The van der Waals surface area contributed by atoms with E-state index < -0.39 is 9.84 Å². The zero-order chi connectivity index (χ0) is 14.8. The summed E-state index contributed by atoms with van der Waals surface area (Å²) < 4.78 is 24.7. The second-order valence-electron chi connectivity index (χ2n) is 4.57. The van der Waals surface area contributed by atoms with Crippen LogP contribution in [0.2, 0.25) is 0 Å². The number of hydrogen-bond acceptors (Lipinski definition) is 5. The molecule has 0 spiro atoms. The van der Waals surface area contributed by atoms with E-state index in [0.717, 1.165) is 17.7 Å². The molecule has 2 rings (SSSR count). The molecule has 1 unspecified atom stereocenters. The Bertz CT molecular complexity index is 677. The minimum atomic E-state index is -3.18. The highest BCUT2D eigenvalue weighted by Gasteiger charge is 2.15. The van der Waals surface area contributed by atoms with Crippen LogP contribution in [0.3, 0.4) is 0 Å². The average molecular weight is 294 g/mol. The fourth-order valence-corrected chi connectivity index (χ4v) is 2.62. The quantitative estimate of drug-likeness (QED) is 0.630. The van der Waals surface area contributed by atoms with Crippen LogP contribution in [-0.2, 0) is 16.4 Å². The molecule has 2 aromatic rings. The first-order chi connectivity index (χ1) is 9.45. The van der Waals surface area contributed by atoms with Crippen LogP contribution >= 0.6 is 0 Å². The third-order valence-corrected chi connectivity index (χ3v) is 4.25. The number of aryl methyl sites for hydroxylation is 1. The lowest BCUT2D eigenvalue weighted by molar-refractivity contribution is 0.601. The lowest BCUT2D eigenvalue weighted by Crippen LogP contribution is -2.28. The summed E-state index contributed by atoms with van der Waals surface area (Å²) in [5, 5.41) is 4.21. The molecule has 0 saturated carbocycles. The van der Waals surface area contributed by atoms with E-state index in [9.17, 15) is 8.42 Å². The van der Waals surface area contributed by atoms with Crippen LogP contribution in [0.1, 0.15) is 24.1 Å². The van der Waals surface area contributed by atoms with Crippen LogP contribution in [-0.4, -0.2) is 24.5 Å². The summed E-state index contributed by atoms with van der Waals surface area (Å²) in [6.07, 6.45) is 4.85. The number of nitrogens with two attached hydrogens (primary N) is 1. The number of sulfone groups is 1. The molecular formula is C13H18N4O2S. The molecule has 0 bridgehead atoms. The second-order valence-corrected chi connectivity index (χ2v) is 6.59. The summed E-state index contributed by atoms with van der Waals surface area (Å²) in [7, 11) is -3.18. The van der Waals surface area contributed by atoms with E-state index in [1.54, 1.807) is 30.5 Å². The van der Waals surface area contributed by atoms with Gasteiger partial charge in [-0.1, -0.05) is 12.1 Å². The van der Waals surface area contributed by atoms with Gasteiger partial charge in [0.25, 0.3) is 0 Å². The Morgan fingerprint density at radius 3 is 2.40 bits per heavy atom. The molecule has 0 radical (unpaired) electrons. The Kier molecular flexibility index (Phi) is 4.22. The van der Waals surface area contributed by atoms with Gasteiger partial charge in [-0.15, -0.1) is 0 Å². The predicted molar refractivity (Wildman–Crippen MR) is 76.6 cm³/mol. The number of hydrogen-bond donors (Lipinski definition) is 2. The first-order valence-corrected chi connectivity index (χ1v) is 8.13. The Morgan fingerprint density at radius 1 is 1.30 bits per heavy atom. The normalized spacial score (nSPS) is 13.3. The van der Waals surface area contributed by atoms with Crippen LogP contribution in [0.5, 0.6) is 0 Å². The van der Waals surface area contributed by atoms with Crippen molar-refractivity contribution in [1.29, 1.82) is 0 Å². The van der Waals surface area contributed by atoms with E-state index in [1.165, 1.54) is 6.26 Å². The first kappa shape index (κ1) is 14.7. The van der Waals surface area contributed by atoms with Gasteiger partial charge in [-0.05, 0) is 24.6 Å². The van der Waals surface area contributed by atoms with E-state index in [4.69, 9.17) is 5.84 Å². The molecule has 1 aromatic carbocycles. The third-order valence-electron chi connectivity index (χ3n) is 3.12. The van der Waals surface area contributed by atoms with Crippen molar-refractivity contribution in [3.8, 4) is 0 Å². The molecule has 1 aromatic heterocycles. The van der Waals surface area contributed by atoms with Gasteiger partial charge in [0.05, 0.1) is 17.1 Å². The minimum absolute atomic E-state index is 0.219. The lowest BCUT2D eigenvalue weighted by Gasteiger charge is -2.15. The standard InChI is InChI=1S/C13H18N4O2S/c1-3-17-9-11(8-15-17)13(16-14)10-4-6-12(7-5-10)20(2,18)19/h4-9,13,16H,3,14H2,1-2H3. The zero-order valence-electron chi connectivity index (χ0n) is 11.4. The first-order valence-electron chi connectivity index (χ1n) is 6.24. The van der Waals surface area contributed by atoms with Gasteiger partial charge in [0.15, 0.2) is 9.84 Å². The van der Waals surface area contributed by atoms with Crippen molar-refractivity contribution in [1.82, 2.24) is 15.2 Å². The molecule has 20 heavy (non-hydrogen) atoms. The maximum atomic E-state index is 11.4. The predicted octanol–water partition coefficient (Wildman–Crippen LogP) is 0.859. The fourth-order valence-electron chi connectivity index (χ4n) is 1.99. The molecule has 0 fully saturated rings. The van der Waals surface area contributed by atoms with Crippen LogP contribution in [0, 0.1) is 0 Å². The summed E-state index contributed by atoms with van der Waals surface area (Å²) >= 11 is 0. The SMILES string of the molecule is CCn1cc(C(NN)c2ccc(S(C)(=O)=O)cc2)cn1. The highest BCUT2D eigenvalue weighted by Crippen LogP contribution is 2.22. The highest BCUT2D eigenvalue weighted by atomic mass is 32.2. The summed E-state index contributed by atoms with van der Waals surface area (Å²) in [4.78, 5) is 0.293. The van der Waals surface area contributed by atoms with Crippen molar-refractivity contribution < 1.29 is 8.42 Å². The van der Waals surface area contributed by atoms with Crippen LogP contribution in [0.4, 0.5) is 0 Å². The fraction of sp³-hybridized carbons (Fsp3) is 0.308. The molecule has 6 nitrogen and oxygen atoms in total. The Hall–Kier alpha value is -1.70. The van der Waals surface area contributed by atoms with Crippen molar-refractivity contribution in [3.63, 3.8) is 0 Å². The van der Waals surface area contributed by atoms with Crippen molar-refractivity contribution in [2.45, 2.75) is 24.4 Å². The van der Waals surface area contributed by atoms with Gasteiger partial charge < -0.3 is 0 Å². The Balaban J connectivity index is 2.32.